The van der Waals surface area contributed by atoms with Crippen molar-refractivity contribution in [3.63, 3.8) is 0 Å². The smallest absolute Gasteiger partial charge is 0.306 e. The minimum absolute atomic E-state index is 0.149. The molecule has 0 bridgehead atoms. The topological polar surface area (TPSA) is 111 Å². The van der Waals surface area contributed by atoms with Crippen LogP contribution in [-0.2, 0) is 33.3 Å². The van der Waals surface area contributed by atoms with Crippen molar-refractivity contribution in [2.24, 2.45) is 0 Å². The van der Waals surface area contributed by atoms with Gasteiger partial charge in [0.25, 0.3) is 0 Å². The van der Waals surface area contributed by atoms with E-state index in [4.69, 9.17) is 18.9 Å². The molecule has 0 spiro atoms. The van der Waals surface area contributed by atoms with Crippen molar-refractivity contribution in [3.05, 3.63) is 36.5 Å². The van der Waals surface area contributed by atoms with Gasteiger partial charge < -0.3 is 33.3 Å². The predicted molar refractivity (Wildman–Crippen MR) is 256 cm³/mol. The van der Waals surface area contributed by atoms with Gasteiger partial charge in [0.15, 0.2) is 12.4 Å². The molecule has 62 heavy (non-hydrogen) atoms. The number of likely N-dealkylation sites (N-methyl/N-ethyl adjacent to an activating group) is 1. The Hall–Kier alpha value is -2.49. The molecule has 0 radical (unpaired) electrons. The number of allylic oxidation sites excluding steroid dienone is 6. The minimum Gasteiger partial charge on any atom is -0.545 e. The zero-order valence-electron chi connectivity index (χ0n) is 41.0. The van der Waals surface area contributed by atoms with Crippen LogP contribution in [0.3, 0.4) is 0 Å². The van der Waals surface area contributed by atoms with Crippen LogP contribution in [0, 0.1) is 0 Å². The van der Waals surface area contributed by atoms with Crippen molar-refractivity contribution in [2.45, 2.75) is 238 Å². The molecule has 0 aliphatic rings. The van der Waals surface area contributed by atoms with Crippen LogP contribution in [0.15, 0.2) is 36.5 Å². The van der Waals surface area contributed by atoms with Gasteiger partial charge in [0, 0.05) is 12.8 Å². The Labute approximate surface area is 381 Å². The molecular weight excluding hydrogens is 779 g/mol. The van der Waals surface area contributed by atoms with E-state index in [-0.39, 0.29) is 32.2 Å². The van der Waals surface area contributed by atoms with Gasteiger partial charge in [-0.1, -0.05) is 198 Å². The van der Waals surface area contributed by atoms with E-state index in [2.05, 4.69) is 50.3 Å². The second kappa shape index (κ2) is 45.1. The molecule has 0 aromatic carbocycles. The van der Waals surface area contributed by atoms with Crippen molar-refractivity contribution in [2.75, 3.05) is 47.5 Å². The normalized spacial score (nSPS) is 13.1. The number of carbonyl (C=O) groups excluding carboxylic acids is 3. The van der Waals surface area contributed by atoms with Crippen LogP contribution in [0.4, 0.5) is 0 Å². The zero-order chi connectivity index (χ0) is 45.6. The van der Waals surface area contributed by atoms with Crippen LogP contribution >= 0.6 is 0 Å². The van der Waals surface area contributed by atoms with Crippen LogP contribution < -0.4 is 5.11 Å². The minimum atomic E-state index is -1.62. The van der Waals surface area contributed by atoms with E-state index in [1.807, 2.05) is 21.1 Å². The van der Waals surface area contributed by atoms with Crippen molar-refractivity contribution >= 4 is 17.9 Å². The SMILES string of the molecule is CCCCCCC/C=C\C/C=C\C/C=C\CCCCCCCCCCCCCCCCCCC(=O)OC(COC(=O)CCCCCCCC)COC(OCC[N+](C)(C)C)C(=O)[O-]. The number of nitrogens with zero attached hydrogens (tertiary/aromatic N) is 1. The maximum absolute atomic E-state index is 12.7. The summed E-state index contributed by atoms with van der Waals surface area (Å²) in [5, 5.41) is 11.7. The Kier molecular flexibility index (Phi) is 43.3. The summed E-state index contributed by atoms with van der Waals surface area (Å²) < 4.78 is 22.5. The molecule has 0 saturated heterocycles. The van der Waals surface area contributed by atoms with E-state index in [1.165, 1.54) is 141 Å². The van der Waals surface area contributed by atoms with Crippen molar-refractivity contribution < 1.29 is 42.9 Å². The number of rotatable bonds is 47. The third-order valence-corrected chi connectivity index (χ3v) is 11.1. The summed E-state index contributed by atoms with van der Waals surface area (Å²) >= 11 is 0. The van der Waals surface area contributed by atoms with E-state index in [9.17, 15) is 19.5 Å². The number of aliphatic carboxylic acids is 1. The predicted octanol–water partition coefficient (Wildman–Crippen LogP) is 12.8. The number of unbranched alkanes of at least 4 members (excludes halogenated alkanes) is 26. The first kappa shape index (κ1) is 59.5. The monoisotopic (exact) mass is 876 g/mol. The Morgan fingerprint density at radius 3 is 1.29 bits per heavy atom. The average molecular weight is 876 g/mol. The second-order valence-corrected chi connectivity index (χ2v) is 18.5. The van der Waals surface area contributed by atoms with Crippen LogP contribution in [0.2, 0.25) is 0 Å². The highest BCUT2D eigenvalue weighted by Crippen LogP contribution is 2.16. The molecule has 9 heteroatoms. The second-order valence-electron chi connectivity index (χ2n) is 18.5. The number of hydrogen-bond donors (Lipinski definition) is 0. The van der Waals surface area contributed by atoms with Crippen molar-refractivity contribution in [3.8, 4) is 0 Å². The van der Waals surface area contributed by atoms with E-state index >= 15 is 0 Å². The number of ether oxygens (including phenoxy) is 4. The summed E-state index contributed by atoms with van der Waals surface area (Å²) in [5.74, 6) is -2.29. The van der Waals surface area contributed by atoms with E-state index in [0.717, 1.165) is 51.4 Å². The van der Waals surface area contributed by atoms with Gasteiger partial charge in [0.1, 0.15) is 13.2 Å². The molecular formula is C53H97NO8. The van der Waals surface area contributed by atoms with Gasteiger partial charge in [-0.15, -0.1) is 0 Å². The fourth-order valence-electron chi connectivity index (χ4n) is 7.13. The lowest BCUT2D eigenvalue weighted by molar-refractivity contribution is -0.870. The molecule has 0 aliphatic heterocycles. The molecule has 2 atom stereocenters. The fourth-order valence-corrected chi connectivity index (χ4v) is 7.13. The maximum Gasteiger partial charge on any atom is 0.306 e. The Morgan fingerprint density at radius 1 is 0.484 bits per heavy atom. The number of esters is 2. The quantitative estimate of drug-likeness (QED) is 0.0195. The van der Waals surface area contributed by atoms with Crippen LogP contribution in [0.25, 0.3) is 0 Å². The molecule has 0 aliphatic carbocycles. The van der Waals surface area contributed by atoms with Gasteiger partial charge >= 0.3 is 11.9 Å². The van der Waals surface area contributed by atoms with E-state index in [0.29, 0.717) is 23.9 Å². The van der Waals surface area contributed by atoms with Crippen molar-refractivity contribution in [1.29, 1.82) is 0 Å². The Bertz CT molecular complexity index is 1110. The first-order valence-corrected chi connectivity index (χ1v) is 25.6. The van der Waals surface area contributed by atoms with Gasteiger partial charge in [-0.2, -0.15) is 0 Å². The van der Waals surface area contributed by atoms with Gasteiger partial charge in [-0.25, -0.2) is 0 Å². The third kappa shape index (κ3) is 45.5. The molecule has 362 valence electrons. The van der Waals surface area contributed by atoms with Crippen LogP contribution in [-0.4, -0.2) is 82.3 Å². The van der Waals surface area contributed by atoms with Crippen LogP contribution in [0.1, 0.15) is 226 Å². The number of carbonyl (C=O) groups is 3. The Morgan fingerprint density at radius 2 is 0.871 bits per heavy atom. The highest BCUT2D eigenvalue weighted by molar-refractivity contribution is 5.70. The highest BCUT2D eigenvalue weighted by atomic mass is 16.7. The molecule has 9 nitrogen and oxygen atoms in total. The highest BCUT2D eigenvalue weighted by Gasteiger charge is 2.22. The summed E-state index contributed by atoms with van der Waals surface area (Å²) in [6.45, 7) is 4.67. The summed E-state index contributed by atoms with van der Waals surface area (Å²) in [7, 11) is 5.90. The largest absolute Gasteiger partial charge is 0.545 e. The lowest BCUT2D eigenvalue weighted by Crippen LogP contribution is -2.44. The van der Waals surface area contributed by atoms with E-state index < -0.39 is 24.3 Å². The molecule has 0 fully saturated rings. The van der Waals surface area contributed by atoms with Crippen molar-refractivity contribution in [1.82, 2.24) is 0 Å². The molecule has 0 amide bonds. The first-order valence-electron chi connectivity index (χ1n) is 25.6. The molecule has 0 N–H and O–H groups in total. The summed E-state index contributed by atoms with van der Waals surface area (Å²) in [6, 6.07) is 0. The Balaban J connectivity index is 4.00. The first-order chi connectivity index (χ1) is 30.1. The lowest BCUT2D eigenvalue weighted by Gasteiger charge is -2.26. The standard InChI is InChI=1S/C53H97NO8/c1-6-8-10-12-14-15-16-17-18-19-20-21-22-23-24-25-26-27-28-29-30-31-32-33-34-35-36-37-38-40-42-44-51(56)62-49(47-60-50(55)43-41-39-13-11-9-7-2)48-61-53(52(57)58)59-46-45-54(3,4)5/h16-17,19-20,22-23,49,53H,6-15,18,21,24-48H2,1-5H3/b17-16-,20-19-,23-22-. The molecule has 0 rings (SSSR count). The lowest BCUT2D eigenvalue weighted by atomic mass is 10.0. The van der Waals surface area contributed by atoms with Gasteiger partial charge in [-0.05, 0) is 51.4 Å². The summed E-state index contributed by atoms with van der Waals surface area (Å²) in [5.41, 5.74) is 0. The third-order valence-electron chi connectivity index (χ3n) is 11.1. The summed E-state index contributed by atoms with van der Waals surface area (Å²) in [4.78, 5) is 36.8. The number of hydrogen-bond acceptors (Lipinski definition) is 8. The molecule has 0 heterocycles. The van der Waals surface area contributed by atoms with Gasteiger partial charge in [0.2, 0.25) is 0 Å². The molecule has 2 unspecified atom stereocenters. The zero-order valence-corrected chi connectivity index (χ0v) is 41.0. The van der Waals surface area contributed by atoms with Gasteiger partial charge in [0.05, 0.1) is 40.3 Å². The average Bonchev–Trinajstić information content (AvgIpc) is 3.23. The fraction of sp³-hybridized carbons (Fsp3) is 0.830. The maximum atomic E-state index is 12.7. The molecule has 0 aromatic rings. The number of carboxylic acid groups (broad SMARTS) is 1. The summed E-state index contributed by atoms with van der Waals surface area (Å²) in [6.07, 6.45) is 49.5. The number of carboxylic acids is 1. The number of quaternary nitrogens is 1. The van der Waals surface area contributed by atoms with Gasteiger partial charge in [-0.3, -0.25) is 9.59 Å². The van der Waals surface area contributed by atoms with E-state index in [1.54, 1.807) is 0 Å². The molecule has 0 aromatic heterocycles. The molecule has 0 saturated carbocycles. The van der Waals surface area contributed by atoms with Crippen LogP contribution in [0.5, 0.6) is 0 Å².